The first-order valence-corrected chi connectivity index (χ1v) is 10.9. The van der Waals surface area contributed by atoms with Crippen molar-refractivity contribution >= 4 is 27.5 Å². The first-order chi connectivity index (χ1) is 14.1. The standard InChI is InChI=1S/C19H19ClF3N3O3S/c20-15-9-14(19(21,22)23)10-17(11-15)30(28,29)26-7-4-13(5-8-26)18(27)25-12-16-3-1-2-6-24-16/h1-3,6,9-11,13H,4-5,7-8,12H2,(H,25,27). The number of pyridine rings is 1. The Hall–Kier alpha value is -2.17. The molecule has 0 radical (unpaired) electrons. The van der Waals surface area contributed by atoms with Gasteiger partial charge >= 0.3 is 6.18 Å². The summed E-state index contributed by atoms with van der Waals surface area (Å²) in [5.74, 6) is -0.593. The largest absolute Gasteiger partial charge is 0.416 e. The van der Waals surface area contributed by atoms with E-state index in [0.717, 1.165) is 10.4 Å². The van der Waals surface area contributed by atoms with Crippen molar-refractivity contribution < 1.29 is 26.4 Å². The van der Waals surface area contributed by atoms with Crippen LogP contribution in [0.4, 0.5) is 13.2 Å². The molecular formula is C19H19ClF3N3O3S. The Balaban J connectivity index is 1.64. The molecule has 2 aromatic rings. The zero-order valence-electron chi connectivity index (χ0n) is 15.7. The summed E-state index contributed by atoms with van der Waals surface area (Å²) in [5, 5.41) is 2.46. The zero-order chi connectivity index (χ0) is 21.9. The lowest BCUT2D eigenvalue weighted by molar-refractivity contribution is -0.137. The van der Waals surface area contributed by atoms with Crippen LogP contribution in [0.1, 0.15) is 24.1 Å². The monoisotopic (exact) mass is 461 g/mol. The third-order valence-electron chi connectivity index (χ3n) is 4.83. The number of nitrogens with zero attached hydrogens (tertiary/aromatic N) is 2. The van der Waals surface area contributed by atoms with Crippen LogP contribution in [0.25, 0.3) is 0 Å². The molecular weight excluding hydrogens is 443 g/mol. The van der Waals surface area contributed by atoms with E-state index in [1.165, 1.54) is 0 Å². The van der Waals surface area contributed by atoms with Crippen LogP contribution in [-0.4, -0.2) is 36.7 Å². The van der Waals surface area contributed by atoms with Crippen LogP contribution in [0.2, 0.25) is 5.02 Å². The van der Waals surface area contributed by atoms with Crippen LogP contribution in [0.15, 0.2) is 47.5 Å². The van der Waals surface area contributed by atoms with E-state index in [1.807, 2.05) is 0 Å². The van der Waals surface area contributed by atoms with Crippen molar-refractivity contribution in [3.05, 3.63) is 58.9 Å². The average molecular weight is 462 g/mol. The number of nitrogens with one attached hydrogen (secondary N) is 1. The summed E-state index contributed by atoms with van der Waals surface area (Å²) in [5.41, 5.74) is -0.426. The SMILES string of the molecule is O=C(NCc1ccccn1)C1CCN(S(=O)(=O)c2cc(Cl)cc(C(F)(F)F)c2)CC1. The third kappa shape index (κ3) is 5.30. The normalized spacial score (nSPS) is 16.4. The fourth-order valence-corrected chi connectivity index (χ4v) is 5.05. The second-order valence-corrected chi connectivity index (χ2v) is 9.26. The highest BCUT2D eigenvalue weighted by Gasteiger charge is 2.35. The topological polar surface area (TPSA) is 79.4 Å². The molecule has 1 amide bonds. The molecule has 0 saturated carbocycles. The quantitative estimate of drug-likeness (QED) is 0.739. The third-order valence-corrected chi connectivity index (χ3v) is 6.93. The molecule has 1 fully saturated rings. The molecule has 0 spiro atoms. The van der Waals surface area contributed by atoms with Crippen LogP contribution >= 0.6 is 11.6 Å². The van der Waals surface area contributed by atoms with Gasteiger partial charge in [0.15, 0.2) is 0 Å². The van der Waals surface area contributed by atoms with Crippen LogP contribution in [0.5, 0.6) is 0 Å². The van der Waals surface area contributed by atoms with Gasteiger partial charge in [0.25, 0.3) is 0 Å². The van der Waals surface area contributed by atoms with Gasteiger partial charge in [-0.3, -0.25) is 9.78 Å². The number of benzene rings is 1. The van der Waals surface area contributed by atoms with Gasteiger partial charge in [0.2, 0.25) is 15.9 Å². The van der Waals surface area contributed by atoms with E-state index >= 15 is 0 Å². The second-order valence-electron chi connectivity index (χ2n) is 6.89. The predicted octanol–water partition coefficient (Wildman–Crippen LogP) is 3.47. The van der Waals surface area contributed by atoms with Crippen LogP contribution < -0.4 is 5.32 Å². The van der Waals surface area contributed by atoms with Gasteiger partial charge < -0.3 is 5.32 Å². The number of piperidine rings is 1. The Morgan fingerprint density at radius 3 is 2.50 bits per heavy atom. The van der Waals surface area contributed by atoms with E-state index in [-0.39, 0.29) is 49.3 Å². The molecule has 1 saturated heterocycles. The fourth-order valence-electron chi connectivity index (χ4n) is 3.21. The molecule has 1 aliphatic heterocycles. The van der Waals surface area contributed by atoms with Crippen molar-refractivity contribution in [3.63, 3.8) is 0 Å². The molecule has 1 aromatic heterocycles. The van der Waals surface area contributed by atoms with Gasteiger partial charge in [0.05, 0.1) is 22.7 Å². The van der Waals surface area contributed by atoms with E-state index in [2.05, 4.69) is 10.3 Å². The van der Waals surface area contributed by atoms with E-state index < -0.39 is 26.7 Å². The highest BCUT2D eigenvalue weighted by Crippen LogP contribution is 2.34. The van der Waals surface area contributed by atoms with Gasteiger partial charge in [-0.15, -0.1) is 0 Å². The van der Waals surface area contributed by atoms with Crippen LogP contribution in [0.3, 0.4) is 0 Å². The maximum absolute atomic E-state index is 13.0. The lowest BCUT2D eigenvalue weighted by atomic mass is 9.97. The molecule has 162 valence electrons. The zero-order valence-corrected chi connectivity index (χ0v) is 17.3. The maximum Gasteiger partial charge on any atom is 0.416 e. The predicted molar refractivity (Wildman–Crippen MR) is 104 cm³/mol. The van der Waals surface area contributed by atoms with Crippen molar-refractivity contribution in [1.29, 1.82) is 0 Å². The molecule has 6 nitrogen and oxygen atoms in total. The number of carbonyl (C=O) groups excluding carboxylic acids is 1. The molecule has 1 N–H and O–H groups in total. The minimum Gasteiger partial charge on any atom is -0.350 e. The molecule has 0 aliphatic carbocycles. The highest BCUT2D eigenvalue weighted by atomic mass is 35.5. The number of aromatic nitrogens is 1. The smallest absolute Gasteiger partial charge is 0.350 e. The van der Waals surface area contributed by atoms with Crippen molar-refractivity contribution in [2.75, 3.05) is 13.1 Å². The molecule has 1 aromatic carbocycles. The number of halogens is 4. The Bertz CT molecular complexity index is 1010. The second kappa shape index (κ2) is 8.91. The molecule has 3 rings (SSSR count). The summed E-state index contributed by atoms with van der Waals surface area (Å²) in [7, 11) is -4.16. The lowest BCUT2D eigenvalue weighted by Gasteiger charge is -2.30. The van der Waals surface area contributed by atoms with Gasteiger partial charge in [-0.25, -0.2) is 8.42 Å². The Morgan fingerprint density at radius 2 is 1.90 bits per heavy atom. The number of hydrogen-bond donors (Lipinski definition) is 1. The fraction of sp³-hybridized carbons (Fsp3) is 0.368. The van der Waals surface area contributed by atoms with Gasteiger partial charge in [0.1, 0.15) is 0 Å². The van der Waals surface area contributed by atoms with Gasteiger partial charge in [0, 0.05) is 30.2 Å². The molecule has 0 unspecified atom stereocenters. The number of sulfonamides is 1. The van der Waals surface area contributed by atoms with Crippen LogP contribution in [0, 0.1) is 5.92 Å². The summed E-state index contributed by atoms with van der Waals surface area (Å²) in [6.07, 6.45) is -2.57. The first kappa shape index (κ1) is 22.5. The minimum absolute atomic E-state index is 0.0257. The van der Waals surface area contributed by atoms with Gasteiger partial charge in [-0.1, -0.05) is 17.7 Å². The first-order valence-electron chi connectivity index (χ1n) is 9.13. The van der Waals surface area contributed by atoms with E-state index in [9.17, 15) is 26.4 Å². The Labute approximate surface area is 177 Å². The average Bonchev–Trinajstić information content (AvgIpc) is 2.72. The summed E-state index contributed by atoms with van der Waals surface area (Å²) in [6.45, 7) is 0.316. The van der Waals surface area contributed by atoms with Crippen molar-refractivity contribution in [3.8, 4) is 0 Å². The molecule has 30 heavy (non-hydrogen) atoms. The number of amides is 1. The lowest BCUT2D eigenvalue weighted by Crippen LogP contribution is -2.42. The number of hydrogen-bond acceptors (Lipinski definition) is 4. The number of rotatable bonds is 5. The molecule has 1 aliphatic rings. The molecule has 0 bridgehead atoms. The molecule has 11 heteroatoms. The van der Waals surface area contributed by atoms with E-state index in [1.54, 1.807) is 24.4 Å². The summed E-state index contributed by atoms with van der Waals surface area (Å²) >= 11 is 5.71. The Morgan fingerprint density at radius 1 is 1.20 bits per heavy atom. The van der Waals surface area contributed by atoms with E-state index in [0.29, 0.717) is 17.8 Å². The highest BCUT2D eigenvalue weighted by molar-refractivity contribution is 7.89. The van der Waals surface area contributed by atoms with E-state index in [4.69, 9.17) is 11.6 Å². The van der Waals surface area contributed by atoms with Crippen LogP contribution in [-0.2, 0) is 27.5 Å². The maximum atomic E-state index is 13.0. The van der Waals surface area contributed by atoms with Gasteiger partial charge in [-0.05, 0) is 43.2 Å². The molecule has 2 heterocycles. The Kier molecular flexibility index (Phi) is 6.68. The minimum atomic E-state index is -4.71. The number of carbonyl (C=O) groups is 1. The summed E-state index contributed by atoms with van der Waals surface area (Å²) in [4.78, 5) is 15.9. The van der Waals surface area contributed by atoms with Gasteiger partial charge in [-0.2, -0.15) is 17.5 Å². The number of alkyl halides is 3. The summed E-state index contributed by atoms with van der Waals surface area (Å²) in [6, 6.07) is 7.59. The van der Waals surface area contributed by atoms with Crippen molar-refractivity contribution in [2.24, 2.45) is 5.92 Å². The van der Waals surface area contributed by atoms with Crippen molar-refractivity contribution in [2.45, 2.75) is 30.5 Å². The summed E-state index contributed by atoms with van der Waals surface area (Å²) < 4.78 is 65.7. The molecule has 0 atom stereocenters. The van der Waals surface area contributed by atoms with Crippen molar-refractivity contribution in [1.82, 2.24) is 14.6 Å².